The van der Waals surface area contributed by atoms with Crippen molar-refractivity contribution < 1.29 is 17.9 Å². The van der Waals surface area contributed by atoms with Crippen molar-refractivity contribution in [2.45, 2.75) is 96.2 Å². The van der Waals surface area contributed by atoms with Gasteiger partial charge in [0.2, 0.25) is 0 Å². The van der Waals surface area contributed by atoms with Gasteiger partial charge < -0.3 is 15.4 Å². The summed E-state index contributed by atoms with van der Waals surface area (Å²) in [6.07, 6.45) is 10.2. The van der Waals surface area contributed by atoms with Gasteiger partial charge in [-0.3, -0.25) is 4.72 Å². The minimum Gasteiger partial charge on any atom is -0.444 e. The highest BCUT2D eigenvalue weighted by molar-refractivity contribution is 7.92. The Balaban J connectivity index is 1.43. The molecule has 8 nitrogen and oxygen atoms in total. The molecule has 2 aliphatic carbocycles. The van der Waals surface area contributed by atoms with Crippen LogP contribution in [0.1, 0.15) is 77.8 Å². The lowest BCUT2D eigenvalue weighted by Crippen LogP contribution is -2.43. The van der Waals surface area contributed by atoms with Crippen LogP contribution in [0.15, 0.2) is 94.1 Å². The first-order chi connectivity index (χ1) is 21.7. The van der Waals surface area contributed by atoms with Crippen LogP contribution in [0.3, 0.4) is 0 Å². The Morgan fingerprint density at radius 2 is 1.72 bits per heavy atom. The van der Waals surface area contributed by atoms with E-state index in [0.717, 1.165) is 65.7 Å². The lowest BCUT2D eigenvalue weighted by Gasteiger charge is -2.31. The average molecular weight is 665 g/mol. The molecule has 2 aromatic carbocycles. The number of anilines is 1. The quantitative estimate of drug-likeness (QED) is 0.249. The van der Waals surface area contributed by atoms with E-state index in [1.165, 1.54) is 6.07 Å². The molecule has 0 bridgehead atoms. The summed E-state index contributed by atoms with van der Waals surface area (Å²) in [7, 11) is -3.84. The standard InChI is InChI=1S/C36H45ClN4O4S/c1-8-25-21-27(31-19-18-30(20-23(31)3)41-46(43,44)33-13-11-10-12-32(33)37)22-26(9-2)34(25)39-24(4)38-28-14-16-29(17-15-28)40-35(42)45-36(5,6)7/h8,10-13,18-22,28-29,38,41H,4,9,14-17H2,1-3,5-7H3,(H,40,42)/b25-8-,39-34?. The van der Waals surface area contributed by atoms with Gasteiger partial charge in [0.05, 0.1) is 10.7 Å². The Hall–Kier alpha value is -3.82. The SMILES string of the molecule is C=C(N=C1C(CC)=CC(c2ccc(NS(=O)(=O)c3ccccc3Cl)cc2C)=C/C1=C/C)NC1CCC(NC(=O)OC(C)(C)C)CC1. The van der Waals surface area contributed by atoms with E-state index in [2.05, 4.69) is 41.0 Å². The van der Waals surface area contributed by atoms with Gasteiger partial charge in [-0.05, 0) is 131 Å². The molecule has 0 atom stereocenters. The van der Waals surface area contributed by atoms with Crippen molar-refractivity contribution in [3.8, 4) is 0 Å². The number of nitrogens with one attached hydrogen (secondary N) is 3. The van der Waals surface area contributed by atoms with Gasteiger partial charge in [0.15, 0.2) is 0 Å². The third-order valence-electron chi connectivity index (χ3n) is 7.89. The Bertz CT molecular complexity index is 1710. The summed E-state index contributed by atoms with van der Waals surface area (Å²) in [4.78, 5) is 17.1. The van der Waals surface area contributed by atoms with Crippen molar-refractivity contribution in [3.63, 3.8) is 0 Å². The number of hydrogen-bond donors (Lipinski definition) is 3. The number of benzene rings is 2. The lowest BCUT2D eigenvalue weighted by molar-refractivity contribution is 0.0490. The van der Waals surface area contributed by atoms with Gasteiger partial charge in [-0.15, -0.1) is 0 Å². The van der Waals surface area contributed by atoms with Crippen molar-refractivity contribution >= 4 is 44.7 Å². The molecule has 2 aromatic rings. The fourth-order valence-corrected chi connectivity index (χ4v) is 7.25. The van der Waals surface area contributed by atoms with Crippen LogP contribution in [-0.4, -0.2) is 37.9 Å². The van der Waals surface area contributed by atoms with Crippen molar-refractivity contribution in [2.75, 3.05) is 4.72 Å². The number of allylic oxidation sites excluding steroid dienone is 6. The van der Waals surface area contributed by atoms with E-state index < -0.39 is 15.6 Å². The fraction of sp³-hybridized carbons (Fsp3) is 0.389. The van der Waals surface area contributed by atoms with Crippen LogP contribution in [0.25, 0.3) is 5.57 Å². The van der Waals surface area contributed by atoms with Crippen LogP contribution in [0.2, 0.25) is 5.02 Å². The molecule has 0 heterocycles. The van der Waals surface area contributed by atoms with E-state index in [9.17, 15) is 13.2 Å². The summed E-state index contributed by atoms with van der Waals surface area (Å²) in [6, 6.07) is 12.2. The molecule has 0 radical (unpaired) electrons. The Morgan fingerprint density at radius 1 is 1.07 bits per heavy atom. The minimum absolute atomic E-state index is 0.0346. The number of halogens is 1. The van der Waals surface area contributed by atoms with Gasteiger partial charge in [-0.2, -0.15) is 0 Å². The van der Waals surface area contributed by atoms with Gasteiger partial charge in [-0.1, -0.05) is 49.4 Å². The first-order valence-corrected chi connectivity index (χ1v) is 17.6. The predicted molar refractivity (Wildman–Crippen MR) is 189 cm³/mol. The van der Waals surface area contributed by atoms with E-state index in [4.69, 9.17) is 21.3 Å². The van der Waals surface area contributed by atoms with Gasteiger partial charge in [-0.25, -0.2) is 18.2 Å². The molecular formula is C36H45ClN4O4S. The number of nitrogens with zero attached hydrogens (tertiary/aromatic N) is 1. The number of hydrogen-bond acceptors (Lipinski definition) is 6. The Morgan fingerprint density at radius 3 is 2.30 bits per heavy atom. The van der Waals surface area contributed by atoms with Crippen LogP contribution < -0.4 is 15.4 Å². The molecule has 0 unspecified atom stereocenters. The normalized spacial score (nSPS) is 20.5. The molecule has 46 heavy (non-hydrogen) atoms. The van der Waals surface area contributed by atoms with E-state index in [1.54, 1.807) is 24.3 Å². The number of aryl methyl sites for hydroxylation is 1. The second kappa shape index (κ2) is 14.7. The maximum atomic E-state index is 13.0. The van der Waals surface area contributed by atoms with Crippen LogP contribution >= 0.6 is 11.6 Å². The molecule has 10 heteroatoms. The number of carbonyl (C=O) groups excluding carboxylic acids is 1. The summed E-state index contributed by atoms with van der Waals surface area (Å²) >= 11 is 6.14. The molecule has 1 fully saturated rings. The molecule has 0 saturated heterocycles. The molecule has 0 spiro atoms. The number of sulfonamides is 1. The molecule has 0 aliphatic heterocycles. The highest BCUT2D eigenvalue weighted by Crippen LogP contribution is 2.33. The number of ether oxygens (including phenoxy) is 1. The maximum absolute atomic E-state index is 13.0. The van der Waals surface area contributed by atoms with E-state index in [1.807, 2.05) is 52.8 Å². The van der Waals surface area contributed by atoms with Gasteiger partial charge in [0.1, 0.15) is 16.3 Å². The van der Waals surface area contributed by atoms with Crippen LogP contribution in [0, 0.1) is 6.92 Å². The third-order valence-corrected chi connectivity index (χ3v) is 9.77. The number of amides is 1. The van der Waals surface area contributed by atoms with Crippen LogP contribution in [-0.2, 0) is 14.8 Å². The fourth-order valence-electron chi connectivity index (χ4n) is 5.68. The monoisotopic (exact) mass is 664 g/mol. The molecule has 0 aromatic heterocycles. The summed E-state index contributed by atoms with van der Waals surface area (Å²) in [5.74, 6) is 0.612. The molecule has 1 amide bonds. The van der Waals surface area contributed by atoms with Crippen molar-refractivity contribution in [2.24, 2.45) is 4.99 Å². The highest BCUT2D eigenvalue weighted by atomic mass is 35.5. The zero-order valence-electron chi connectivity index (χ0n) is 27.5. The topological polar surface area (TPSA) is 109 Å². The Kier molecular flexibility index (Phi) is 11.2. The van der Waals surface area contributed by atoms with Crippen molar-refractivity contribution in [1.82, 2.24) is 10.6 Å². The number of alkyl carbamates (subject to hydrolysis) is 1. The van der Waals surface area contributed by atoms with Crippen LogP contribution in [0.5, 0.6) is 0 Å². The van der Waals surface area contributed by atoms with Crippen molar-refractivity contribution in [3.05, 3.63) is 100 Å². The average Bonchev–Trinajstić information content (AvgIpc) is 2.97. The summed E-state index contributed by atoms with van der Waals surface area (Å²) in [5, 5.41) is 6.65. The van der Waals surface area contributed by atoms with Crippen LogP contribution in [0.4, 0.5) is 10.5 Å². The second-order valence-electron chi connectivity index (χ2n) is 12.7. The second-order valence-corrected chi connectivity index (χ2v) is 14.7. The number of aliphatic imine (C=N–C) groups is 1. The first-order valence-electron chi connectivity index (χ1n) is 15.7. The maximum Gasteiger partial charge on any atom is 0.407 e. The van der Waals surface area contributed by atoms with Gasteiger partial charge in [0.25, 0.3) is 10.0 Å². The molecular weight excluding hydrogens is 620 g/mol. The third kappa shape index (κ3) is 9.13. The van der Waals surface area contributed by atoms with E-state index in [0.29, 0.717) is 11.5 Å². The molecule has 1 saturated carbocycles. The van der Waals surface area contributed by atoms with E-state index in [-0.39, 0.29) is 28.1 Å². The van der Waals surface area contributed by atoms with Crippen molar-refractivity contribution in [1.29, 1.82) is 0 Å². The van der Waals surface area contributed by atoms with Gasteiger partial charge >= 0.3 is 6.09 Å². The zero-order chi connectivity index (χ0) is 33.6. The largest absolute Gasteiger partial charge is 0.444 e. The molecule has 4 rings (SSSR count). The summed E-state index contributed by atoms with van der Waals surface area (Å²) < 4.78 is 34.0. The molecule has 246 valence electrons. The molecule has 2 aliphatic rings. The zero-order valence-corrected chi connectivity index (χ0v) is 29.1. The number of rotatable bonds is 9. The smallest absolute Gasteiger partial charge is 0.407 e. The lowest BCUT2D eigenvalue weighted by atomic mass is 9.87. The van der Waals surface area contributed by atoms with Gasteiger partial charge in [0, 0.05) is 17.8 Å². The first kappa shape index (κ1) is 35.0. The minimum atomic E-state index is -3.84. The summed E-state index contributed by atoms with van der Waals surface area (Å²) in [6.45, 7) is 15.9. The van der Waals surface area contributed by atoms with E-state index >= 15 is 0 Å². The Labute approximate surface area is 278 Å². The predicted octanol–water partition coefficient (Wildman–Crippen LogP) is 8.47. The highest BCUT2D eigenvalue weighted by Gasteiger charge is 2.26. The summed E-state index contributed by atoms with van der Waals surface area (Å²) in [5.41, 5.74) is 5.85. The number of carbonyl (C=O) groups is 1. The molecule has 3 N–H and O–H groups in total.